The van der Waals surface area contributed by atoms with Crippen LogP contribution in [0.5, 0.6) is 0 Å². The van der Waals surface area contributed by atoms with E-state index in [1.807, 2.05) is 42.7 Å². The quantitative estimate of drug-likeness (QED) is 0.712. The summed E-state index contributed by atoms with van der Waals surface area (Å²) >= 11 is 0. The lowest BCUT2D eigenvalue weighted by atomic mass is 10.0. The molecule has 0 saturated heterocycles. The Labute approximate surface area is 82.2 Å². The van der Waals surface area contributed by atoms with Gasteiger partial charge in [-0.25, -0.2) is 0 Å². The molecule has 0 atom stereocenters. The highest BCUT2D eigenvalue weighted by molar-refractivity contribution is 5.87. The highest BCUT2D eigenvalue weighted by Crippen LogP contribution is 2.20. The molecule has 0 aliphatic rings. The van der Waals surface area contributed by atoms with Gasteiger partial charge in [0.05, 0.1) is 5.56 Å². The Morgan fingerprint density at radius 3 is 2.57 bits per heavy atom. The molecule has 2 nitrogen and oxygen atoms in total. The van der Waals surface area contributed by atoms with Gasteiger partial charge in [-0.3, -0.25) is 9.78 Å². The Hall–Kier alpha value is -1.96. The lowest BCUT2D eigenvalue weighted by Gasteiger charge is -2.02. The Balaban J connectivity index is 2.57. The summed E-state index contributed by atoms with van der Waals surface area (Å²) in [6, 6.07) is 11.5. The Kier molecular flexibility index (Phi) is 2.36. The number of nitrogens with zero attached hydrogens (tertiary/aromatic N) is 1. The number of benzene rings is 1. The van der Waals surface area contributed by atoms with Crippen LogP contribution in [0.25, 0.3) is 11.1 Å². The summed E-state index contributed by atoms with van der Waals surface area (Å²) in [5.41, 5.74) is 2.38. The molecule has 2 aromatic rings. The molecule has 0 unspecified atom stereocenters. The highest BCUT2D eigenvalue weighted by Gasteiger charge is 2.03. The van der Waals surface area contributed by atoms with Crippen molar-refractivity contribution in [2.75, 3.05) is 0 Å². The van der Waals surface area contributed by atoms with E-state index in [-0.39, 0.29) is 0 Å². The predicted octanol–water partition coefficient (Wildman–Crippen LogP) is 2.21. The lowest BCUT2D eigenvalue weighted by molar-refractivity contribution is 0.562. The van der Waals surface area contributed by atoms with Crippen LogP contribution >= 0.6 is 0 Å². The van der Waals surface area contributed by atoms with E-state index in [2.05, 4.69) is 4.98 Å². The van der Waals surface area contributed by atoms with E-state index in [0.717, 1.165) is 11.1 Å². The summed E-state index contributed by atoms with van der Waals surface area (Å²) in [6.45, 7) is 0. The molecular formula is C12H8NO. The monoisotopic (exact) mass is 182 g/mol. The van der Waals surface area contributed by atoms with Crippen LogP contribution in [0.3, 0.4) is 0 Å². The molecule has 1 aromatic carbocycles. The molecule has 0 aliphatic heterocycles. The summed E-state index contributed by atoms with van der Waals surface area (Å²) in [4.78, 5) is 14.5. The van der Waals surface area contributed by atoms with Crippen LogP contribution in [0.1, 0.15) is 5.56 Å². The molecule has 2 heteroatoms. The van der Waals surface area contributed by atoms with Gasteiger partial charge in [0.2, 0.25) is 6.29 Å². The molecular weight excluding hydrogens is 174 g/mol. The van der Waals surface area contributed by atoms with Crippen molar-refractivity contribution in [3.05, 3.63) is 54.4 Å². The Morgan fingerprint density at radius 2 is 1.86 bits per heavy atom. The standard InChI is InChI=1S/C12H8NO/c14-9-11-8-13-7-6-12(11)10-4-2-1-3-5-10/h1-8H. The van der Waals surface area contributed by atoms with Crippen molar-refractivity contribution in [3.8, 4) is 11.1 Å². The van der Waals surface area contributed by atoms with Gasteiger partial charge < -0.3 is 0 Å². The molecule has 0 spiro atoms. The van der Waals surface area contributed by atoms with Crippen molar-refractivity contribution < 1.29 is 4.79 Å². The number of carbonyl (C=O) groups excluding carboxylic acids is 1. The average Bonchev–Trinajstić information content (AvgIpc) is 2.30. The van der Waals surface area contributed by atoms with Crippen molar-refractivity contribution in [2.24, 2.45) is 0 Å². The average molecular weight is 182 g/mol. The first kappa shape index (κ1) is 8.63. The van der Waals surface area contributed by atoms with E-state index >= 15 is 0 Å². The summed E-state index contributed by atoms with van der Waals surface area (Å²) < 4.78 is 0. The molecule has 67 valence electrons. The Bertz CT molecular complexity index is 437. The second kappa shape index (κ2) is 3.83. The van der Waals surface area contributed by atoms with Crippen LogP contribution in [-0.4, -0.2) is 11.3 Å². The SMILES string of the molecule is O=[C]c1cnccc1-c1ccccc1. The number of pyridine rings is 1. The van der Waals surface area contributed by atoms with Gasteiger partial charge in [-0.1, -0.05) is 30.3 Å². The van der Waals surface area contributed by atoms with Gasteiger partial charge in [-0.2, -0.15) is 0 Å². The zero-order chi connectivity index (χ0) is 9.80. The minimum absolute atomic E-state index is 0.499. The fourth-order valence-electron chi connectivity index (χ4n) is 1.35. The minimum atomic E-state index is 0.499. The first-order valence-corrected chi connectivity index (χ1v) is 4.29. The van der Waals surface area contributed by atoms with Crippen LogP contribution in [-0.2, 0) is 4.79 Å². The number of rotatable bonds is 2. The van der Waals surface area contributed by atoms with Crippen LogP contribution in [0.4, 0.5) is 0 Å². The van der Waals surface area contributed by atoms with Gasteiger partial charge in [-0.15, -0.1) is 0 Å². The highest BCUT2D eigenvalue weighted by atomic mass is 16.1. The Morgan fingerprint density at radius 1 is 1.07 bits per heavy atom. The molecule has 0 bridgehead atoms. The van der Waals surface area contributed by atoms with Gasteiger partial charge in [0.25, 0.3) is 0 Å². The third-order valence-electron chi connectivity index (χ3n) is 2.02. The van der Waals surface area contributed by atoms with E-state index in [0.29, 0.717) is 5.56 Å². The molecule has 0 saturated carbocycles. The fourth-order valence-corrected chi connectivity index (χ4v) is 1.35. The van der Waals surface area contributed by atoms with Crippen LogP contribution in [0.2, 0.25) is 0 Å². The number of aromatic nitrogens is 1. The second-order valence-corrected chi connectivity index (χ2v) is 2.89. The third-order valence-corrected chi connectivity index (χ3v) is 2.02. The van der Waals surface area contributed by atoms with Gasteiger partial charge >= 0.3 is 0 Å². The third kappa shape index (κ3) is 1.55. The molecule has 2 rings (SSSR count). The van der Waals surface area contributed by atoms with Gasteiger partial charge in [-0.05, 0) is 17.2 Å². The maximum Gasteiger partial charge on any atom is 0.235 e. The largest absolute Gasteiger partial charge is 0.285 e. The summed E-state index contributed by atoms with van der Waals surface area (Å²) in [6.07, 6.45) is 5.07. The molecule has 1 aromatic heterocycles. The number of hydrogen-bond donors (Lipinski definition) is 0. The van der Waals surface area contributed by atoms with E-state index in [9.17, 15) is 4.79 Å². The van der Waals surface area contributed by atoms with E-state index in [1.54, 1.807) is 6.20 Å². The maximum atomic E-state index is 10.6. The maximum absolute atomic E-state index is 10.6. The number of hydrogen-bond acceptors (Lipinski definition) is 2. The van der Waals surface area contributed by atoms with Gasteiger partial charge in [0, 0.05) is 12.4 Å². The van der Waals surface area contributed by atoms with Crippen molar-refractivity contribution >= 4 is 6.29 Å². The lowest BCUT2D eigenvalue weighted by Crippen LogP contribution is -1.88. The van der Waals surface area contributed by atoms with E-state index in [1.165, 1.54) is 6.20 Å². The smallest absolute Gasteiger partial charge is 0.235 e. The summed E-state index contributed by atoms with van der Waals surface area (Å²) in [5.74, 6) is 0. The first-order valence-electron chi connectivity index (χ1n) is 4.29. The van der Waals surface area contributed by atoms with Crippen molar-refractivity contribution in [1.82, 2.24) is 4.98 Å². The fraction of sp³-hybridized carbons (Fsp3) is 0. The predicted molar refractivity (Wildman–Crippen MR) is 54.5 cm³/mol. The second-order valence-electron chi connectivity index (χ2n) is 2.89. The summed E-state index contributed by atoms with van der Waals surface area (Å²) in [7, 11) is 0. The van der Waals surface area contributed by atoms with Crippen LogP contribution in [0, 0.1) is 0 Å². The van der Waals surface area contributed by atoms with E-state index < -0.39 is 0 Å². The summed E-state index contributed by atoms with van der Waals surface area (Å²) in [5, 5.41) is 0. The first-order chi connectivity index (χ1) is 6.92. The van der Waals surface area contributed by atoms with Crippen LogP contribution in [0.15, 0.2) is 48.8 Å². The molecule has 0 aliphatic carbocycles. The topological polar surface area (TPSA) is 30.0 Å². The van der Waals surface area contributed by atoms with Crippen LogP contribution < -0.4 is 0 Å². The zero-order valence-electron chi connectivity index (χ0n) is 7.47. The van der Waals surface area contributed by atoms with Crippen molar-refractivity contribution in [2.45, 2.75) is 0 Å². The molecule has 1 radical (unpaired) electrons. The van der Waals surface area contributed by atoms with E-state index in [4.69, 9.17) is 0 Å². The normalized spacial score (nSPS) is 9.71. The zero-order valence-corrected chi connectivity index (χ0v) is 7.47. The van der Waals surface area contributed by atoms with Crippen molar-refractivity contribution in [1.29, 1.82) is 0 Å². The molecule has 0 amide bonds. The molecule has 1 heterocycles. The molecule has 0 N–H and O–H groups in total. The molecule has 0 fully saturated rings. The van der Waals surface area contributed by atoms with Crippen molar-refractivity contribution in [3.63, 3.8) is 0 Å². The van der Waals surface area contributed by atoms with Gasteiger partial charge in [0.1, 0.15) is 0 Å². The minimum Gasteiger partial charge on any atom is -0.285 e. The van der Waals surface area contributed by atoms with Gasteiger partial charge in [0.15, 0.2) is 0 Å². The molecule has 14 heavy (non-hydrogen) atoms.